The molecule has 0 unspecified atom stereocenters. The van der Waals surface area contributed by atoms with Crippen LogP contribution in [-0.4, -0.2) is 24.7 Å². The lowest BCUT2D eigenvalue weighted by atomic mass is 10.1. The Morgan fingerprint density at radius 3 is 2.81 bits per heavy atom. The van der Waals surface area contributed by atoms with Crippen molar-refractivity contribution >= 4 is 54.6 Å². The SMILES string of the molecule is CCOC(=O)c1c(CNc2ccccn2)oc2cc(Br)c(OC)c(Br)c12. The van der Waals surface area contributed by atoms with Crippen molar-refractivity contribution in [1.29, 1.82) is 0 Å². The van der Waals surface area contributed by atoms with Gasteiger partial charge >= 0.3 is 5.97 Å². The van der Waals surface area contributed by atoms with Crippen molar-refractivity contribution in [1.82, 2.24) is 4.98 Å². The molecule has 3 aromatic rings. The molecular formula is C18H16Br2N2O4. The molecule has 8 heteroatoms. The summed E-state index contributed by atoms with van der Waals surface area (Å²) in [5.74, 6) is 1.27. The summed E-state index contributed by atoms with van der Waals surface area (Å²) in [6.07, 6.45) is 1.69. The summed E-state index contributed by atoms with van der Waals surface area (Å²) < 4.78 is 17.9. The standard InChI is InChI=1S/C18H16Br2N2O4/c1-3-25-18(23)15-12(9-22-13-6-4-5-7-21-13)26-11-8-10(19)17(24-2)16(20)14(11)15/h4-8H,3,9H2,1-2H3,(H,21,22). The number of hydrogen-bond acceptors (Lipinski definition) is 6. The zero-order chi connectivity index (χ0) is 18.7. The summed E-state index contributed by atoms with van der Waals surface area (Å²) in [5.41, 5.74) is 0.911. The third-order valence-corrected chi connectivity index (χ3v) is 5.03. The number of methoxy groups -OCH3 is 1. The van der Waals surface area contributed by atoms with Crippen LogP contribution >= 0.6 is 31.9 Å². The van der Waals surface area contributed by atoms with Gasteiger partial charge < -0.3 is 19.2 Å². The van der Waals surface area contributed by atoms with Crippen molar-refractivity contribution in [3.63, 3.8) is 0 Å². The lowest BCUT2D eigenvalue weighted by molar-refractivity contribution is 0.0526. The van der Waals surface area contributed by atoms with Crippen molar-refractivity contribution < 1.29 is 18.7 Å². The molecule has 0 spiro atoms. The van der Waals surface area contributed by atoms with Crippen molar-refractivity contribution in [2.45, 2.75) is 13.5 Å². The van der Waals surface area contributed by atoms with Crippen molar-refractivity contribution in [3.05, 3.63) is 50.7 Å². The van der Waals surface area contributed by atoms with Gasteiger partial charge in [0, 0.05) is 6.20 Å². The number of hydrogen-bond donors (Lipinski definition) is 1. The largest absolute Gasteiger partial charge is 0.494 e. The molecule has 6 nitrogen and oxygen atoms in total. The first kappa shape index (κ1) is 18.7. The zero-order valence-corrected chi connectivity index (χ0v) is 17.3. The Labute approximate surface area is 167 Å². The Bertz CT molecular complexity index is 942. The minimum Gasteiger partial charge on any atom is -0.494 e. The molecule has 0 saturated heterocycles. The third kappa shape index (κ3) is 3.57. The van der Waals surface area contributed by atoms with Crippen LogP contribution in [0.4, 0.5) is 5.82 Å². The maximum atomic E-state index is 12.6. The van der Waals surface area contributed by atoms with Gasteiger partial charge in [0.1, 0.15) is 28.5 Å². The number of carbonyl (C=O) groups is 1. The number of furan rings is 1. The number of fused-ring (bicyclic) bond motifs is 1. The quantitative estimate of drug-likeness (QED) is 0.488. The number of nitrogens with one attached hydrogen (secondary N) is 1. The molecule has 0 amide bonds. The lowest BCUT2D eigenvalue weighted by Gasteiger charge is -2.08. The van der Waals surface area contributed by atoms with Crippen LogP contribution in [-0.2, 0) is 11.3 Å². The van der Waals surface area contributed by atoms with Gasteiger partial charge in [-0.1, -0.05) is 6.07 Å². The molecule has 3 rings (SSSR count). The van der Waals surface area contributed by atoms with Crippen LogP contribution in [0, 0.1) is 0 Å². The van der Waals surface area contributed by atoms with Gasteiger partial charge in [0.15, 0.2) is 0 Å². The summed E-state index contributed by atoms with van der Waals surface area (Å²) in [7, 11) is 1.56. The van der Waals surface area contributed by atoms with Crippen LogP contribution in [0.1, 0.15) is 23.0 Å². The number of carbonyl (C=O) groups excluding carboxylic acids is 1. The second-order valence-corrected chi connectivity index (χ2v) is 6.92. The highest BCUT2D eigenvalue weighted by molar-refractivity contribution is 9.11. The first-order valence-electron chi connectivity index (χ1n) is 7.86. The Balaban J connectivity index is 2.10. The molecule has 0 aliphatic heterocycles. The predicted molar refractivity (Wildman–Crippen MR) is 106 cm³/mol. The Morgan fingerprint density at radius 2 is 2.15 bits per heavy atom. The van der Waals surface area contributed by atoms with Crippen LogP contribution in [0.15, 0.2) is 43.8 Å². The average molecular weight is 484 g/mol. The number of benzene rings is 1. The topological polar surface area (TPSA) is 73.6 Å². The number of nitrogens with zero attached hydrogens (tertiary/aromatic N) is 1. The van der Waals surface area contributed by atoms with E-state index in [1.54, 1.807) is 26.3 Å². The van der Waals surface area contributed by atoms with E-state index in [1.807, 2.05) is 18.2 Å². The second kappa shape index (κ2) is 8.09. The third-order valence-electron chi connectivity index (χ3n) is 3.68. The smallest absolute Gasteiger partial charge is 0.342 e. The summed E-state index contributed by atoms with van der Waals surface area (Å²) in [5, 5.41) is 3.76. The molecule has 0 aliphatic rings. The van der Waals surface area contributed by atoms with Crippen LogP contribution in [0.3, 0.4) is 0 Å². The van der Waals surface area contributed by atoms with E-state index in [-0.39, 0.29) is 13.2 Å². The summed E-state index contributed by atoms with van der Waals surface area (Å²) in [4.78, 5) is 16.8. The first-order chi connectivity index (χ1) is 12.6. The molecule has 26 heavy (non-hydrogen) atoms. The highest BCUT2D eigenvalue weighted by Gasteiger charge is 2.26. The van der Waals surface area contributed by atoms with Crippen LogP contribution in [0.5, 0.6) is 5.75 Å². The molecule has 1 aromatic carbocycles. The fourth-order valence-corrected chi connectivity index (χ4v) is 4.19. The lowest BCUT2D eigenvalue weighted by Crippen LogP contribution is -2.09. The zero-order valence-electron chi connectivity index (χ0n) is 14.1. The highest BCUT2D eigenvalue weighted by Crippen LogP contribution is 2.43. The Kier molecular flexibility index (Phi) is 5.83. The van der Waals surface area contributed by atoms with Crippen molar-refractivity contribution in [3.8, 4) is 5.75 Å². The maximum Gasteiger partial charge on any atom is 0.342 e. The molecule has 1 N–H and O–H groups in total. The van der Waals surface area contributed by atoms with Gasteiger partial charge in [-0.2, -0.15) is 0 Å². The van der Waals surface area contributed by atoms with E-state index in [0.717, 1.165) is 0 Å². The predicted octanol–water partition coefficient (Wildman–Crippen LogP) is 5.15. The molecular weight excluding hydrogens is 468 g/mol. The number of pyridine rings is 1. The molecule has 136 valence electrons. The van der Waals surface area contributed by atoms with Crippen molar-refractivity contribution in [2.75, 3.05) is 19.0 Å². The van der Waals surface area contributed by atoms with Crippen molar-refractivity contribution in [2.24, 2.45) is 0 Å². The number of esters is 1. The molecule has 0 radical (unpaired) electrons. The van der Waals surface area contributed by atoms with Crippen LogP contribution < -0.4 is 10.1 Å². The average Bonchev–Trinajstić information content (AvgIpc) is 3.00. The Morgan fingerprint density at radius 1 is 1.35 bits per heavy atom. The van der Waals surface area contributed by atoms with E-state index >= 15 is 0 Å². The molecule has 2 heterocycles. The normalized spacial score (nSPS) is 10.8. The minimum absolute atomic E-state index is 0.268. The number of anilines is 1. The molecule has 0 fully saturated rings. The van der Waals surface area contributed by atoms with E-state index < -0.39 is 5.97 Å². The Hall–Kier alpha value is -2.06. The van der Waals surface area contributed by atoms with Gasteiger partial charge in [0.2, 0.25) is 0 Å². The van der Waals surface area contributed by atoms with Gasteiger partial charge in [-0.3, -0.25) is 0 Å². The van der Waals surface area contributed by atoms with E-state index in [0.29, 0.717) is 42.8 Å². The fraction of sp³-hybridized carbons (Fsp3) is 0.222. The van der Waals surface area contributed by atoms with Gasteiger partial charge in [0.25, 0.3) is 0 Å². The van der Waals surface area contributed by atoms with Gasteiger partial charge in [-0.25, -0.2) is 9.78 Å². The van der Waals surface area contributed by atoms with E-state index in [4.69, 9.17) is 13.9 Å². The van der Waals surface area contributed by atoms with Gasteiger partial charge in [-0.05, 0) is 57.0 Å². The molecule has 0 aliphatic carbocycles. The number of ether oxygens (including phenoxy) is 2. The highest BCUT2D eigenvalue weighted by atomic mass is 79.9. The summed E-state index contributed by atoms with van der Waals surface area (Å²) in [6.45, 7) is 2.31. The fourth-order valence-electron chi connectivity index (χ4n) is 2.58. The summed E-state index contributed by atoms with van der Waals surface area (Å²) >= 11 is 6.97. The monoisotopic (exact) mass is 482 g/mol. The van der Waals surface area contributed by atoms with E-state index in [1.165, 1.54) is 0 Å². The number of halogens is 2. The molecule has 0 bridgehead atoms. The van der Waals surface area contributed by atoms with Crippen LogP contribution in [0.25, 0.3) is 11.0 Å². The molecule has 2 aromatic heterocycles. The summed E-state index contributed by atoms with van der Waals surface area (Å²) in [6, 6.07) is 7.31. The van der Waals surface area contributed by atoms with Gasteiger partial charge in [-0.15, -0.1) is 0 Å². The minimum atomic E-state index is -0.450. The second-order valence-electron chi connectivity index (χ2n) is 5.27. The molecule has 0 atom stereocenters. The van der Waals surface area contributed by atoms with Crippen LogP contribution in [0.2, 0.25) is 0 Å². The number of rotatable bonds is 6. The van der Waals surface area contributed by atoms with E-state index in [9.17, 15) is 4.79 Å². The van der Waals surface area contributed by atoms with E-state index in [2.05, 4.69) is 42.2 Å². The first-order valence-corrected chi connectivity index (χ1v) is 9.44. The van der Waals surface area contributed by atoms with Gasteiger partial charge in [0.05, 0.1) is 34.6 Å². The maximum absolute atomic E-state index is 12.6. The number of aromatic nitrogens is 1. The molecule has 0 saturated carbocycles.